The number of nitrogens with one attached hydrogen (secondary N) is 1. The van der Waals surface area contributed by atoms with Crippen molar-refractivity contribution < 1.29 is 23.8 Å². The minimum atomic E-state index is -0.794. The van der Waals surface area contributed by atoms with Crippen LogP contribution in [0.1, 0.15) is 59.6 Å². The second-order valence-corrected chi connectivity index (χ2v) is 9.62. The van der Waals surface area contributed by atoms with E-state index in [9.17, 15) is 9.59 Å². The first-order valence-corrected chi connectivity index (χ1v) is 11.0. The number of ether oxygens (including phenoxy) is 3. The lowest BCUT2D eigenvalue weighted by Crippen LogP contribution is -2.43. The van der Waals surface area contributed by atoms with E-state index in [-0.39, 0.29) is 6.54 Å². The number of carbonyl (C=O) groups is 2. The number of hydrogen-bond acceptors (Lipinski definition) is 7. The van der Waals surface area contributed by atoms with Crippen molar-refractivity contribution in [1.29, 1.82) is 0 Å². The fourth-order valence-corrected chi connectivity index (χ4v) is 2.87. The number of para-hydroxylation sites is 1. The van der Waals surface area contributed by atoms with Crippen molar-refractivity contribution in [3.63, 3.8) is 0 Å². The molecule has 0 spiro atoms. The number of nitrogens with zero attached hydrogens (tertiary/aromatic N) is 2. The molecule has 1 N–H and O–H groups in total. The molecule has 2 rings (SSSR count). The molecule has 0 saturated carbocycles. The number of amides is 2. The number of imide groups is 1. The Morgan fingerprint density at radius 1 is 1.00 bits per heavy atom. The van der Waals surface area contributed by atoms with Gasteiger partial charge in [0, 0.05) is 11.8 Å². The summed E-state index contributed by atoms with van der Waals surface area (Å²) < 4.78 is 16.8. The number of aromatic nitrogens is 1. The Hall–Kier alpha value is -3.29. The first kappa shape index (κ1) is 26.0. The summed E-state index contributed by atoms with van der Waals surface area (Å²) in [6.45, 7) is 14.6. The van der Waals surface area contributed by atoms with Gasteiger partial charge in [0.1, 0.15) is 22.8 Å². The Labute approximate surface area is 196 Å². The molecule has 1 aromatic carbocycles. The van der Waals surface area contributed by atoms with Gasteiger partial charge in [-0.2, -0.15) is 0 Å². The molecule has 0 atom stereocenters. The Morgan fingerprint density at radius 3 is 2.12 bits per heavy atom. The molecule has 0 unspecified atom stereocenters. The van der Waals surface area contributed by atoms with Crippen molar-refractivity contribution in [3.05, 3.63) is 47.7 Å². The maximum Gasteiger partial charge on any atom is 0.420 e. The molecule has 0 radical (unpaired) electrons. The lowest BCUT2D eigenvalue weighted by molar-refractivity contribution is -0.000344. The van der Waals surface area contributed by atoms with Crippen LogP contribution in [0.25, 0.3) is 0 Å². The average Bonchev–Trinajstić information content (AvgIpc) is 2.65. The fraction of sp³-hybridized carbons (Fsp3) is 0.480. The molecule has 0 aliphatic carbocycles. The SMILES string of the molecule is CCOc1c(CN(C(=O)OC(C)(C)C)C(=O)OC(C)(C)C)cccc1Nc1cc(C)ccn1. The van der Waals surface area contributed by atoms with Gasteiger partial charge in [0.15, 0.2) is 0 Å². The molecule has 33 heavy (non-hydrogen) atoms. The zero-order valence-corrected chi connectivity index (χ0v) is 20.8. The van der Waals surface area contributed by atoms with Gasteiger partial charge in [-0.05, 0) is 79.2 Å². The number of benzene rings is 1. The van der Waals surface area contributed by atoms with Crippen molar-refractivity contribution in [2.45, 2.75) is 73.1 Å². The van der Waals surface area contributed by atoms with E-state index in [0.29, 0.717) is 29.4 Å². The smallest absolute Gasteiger partial charge is 0.420 e. The monoisotopic (exact) mass is 457 g/mol. The predicted molar refractivity (Wildman–Crippen MR) is 128 cm³/mol. The van der Waals surface area contributed by atoms with Crippen LogP contribution in [0.5, 0.6) is 5.75 Å². The minimum absolute atomic E-state index is 0.0874. The van der Waals surface area contributed by atoms with Crippen molar-refractivity contribution >= 4 is 23.7 Å². The molecule has 8 nitrogen and oxygen atoms in total. The summed E-state index contributed by atoms with van der Waals surface area (Å²) in [6, 6.07) is 9.28. The Bertz CT molecular complexity index is 949. The lowest BCUT2D eigenvalue weighted by Gasteiger charge is -2.29. The van der Waals surface area contributed by atoms with Crippen molar-refractivity contribution in [2.75, 3.05) is 11.9 Å². The van der Waals surface area contributed by atoms with E-state index in [2.05, 4.69) is 10.3 Å². The Balaban J connectivity index is 2.43. The Morgan fingerprint density at radius 2 is 1.61 bits per heavy atom. The topological polar surface area (TPSA) is 90.0 Å². The van der Waals surface area contributed by atoms with Crippen LogP contribution in [-0.4, -0.2) is 39.9 Å². The number of hydrogen-bond donors (Lipinski definition) is 1. The predicted octanol–water partition coefficient (Wildman–Crippen LogP) is 6.20. The highest BCUT2D eigenvalue weighted by atomic mass is 16.6. The Kier molecular flexibility index (Phi) is 8.30. The van der Waals surface area contributed by atoms with Crippen LogP contribution in [0.3, 0.4) is 0 Å². The summed E-state index contributed by atoms with van der Waals surface area (Å²) >= 11 is 0. The highest BCUT2D eigenvalue weighted by Crippen LogP contribution is 2.33. The van der Waals surface area contributed by atoms with Crippen LogP contribution in [0.4, 0.5) is 21.1 Å². The van der Waals surface area contributed by atoms with E-state index in [4.69, 9.17) is 14.2 Å². The van der Waals surface area contributed by atoms with Gasteiger partial charge in [0.2, 0.25) is 0 Å². The summed E-state index contributed by atoms with van der Waals surface area (Å²) in [7, 11) is 0. The number of carbonyl (C=O) groups excluding carboxylic acids is 2. The molecule has 0 bridgehead atoms. The maximum absolute atomic E-state index is 12.9. The third-order valence-corrected chi connectivity index (χ3v) is 4.12. The second-order valence-electron chi connectivity index (χ2n) is 9.62. The van der Waals surface area contributed by atoms with E-state index >= 15 is 0 Å². The molecule has 0 aliphatic rings. The molecule has 0 saturated heterocycles. The van der Waals surface area contributed by atoms with E-state index < -0.39 is 23.4 Å². The average molecular weight is 458 g/mol. The largest absolute Gasteiger partial charge is 0.491 e. The van der Waals surface area contributed by atoms with Gasteiger partial charge in [-0.15, -0.1) is 0 Å². The number of rotatable bonds is 6. The van der Waals surface area contributed by atoms with E-state index in [1.54, 1.807) is 53.8 Å². The standard InChI is InChI=1S/C25H35N3O5/c1-9-31-21-18(11-10-12-19(21)27-20-15-17(2)13-14-26-20)16-28(22(29)32-24(3,4)5)23(30)33-25(6,7)8/h10-15H,9,16H2,1-8H3,(H,26,27). The van der Waals surface area contributed by atoms with Gasteiger partial charge >= 0.3 is 12.2 Å². The third-order valence-electron chi connectivity index (χ3n) is 4.12. The molecule has 180 valence electrons. The first-order chi connectivity index (χ1) is 15.3. The van der Waals surface area contributed by atoms with Crippen LogP contribution in [0.2, 0.25) is 0 Å². The van der Waals surface area contributed by atoms with E-state index in [1.165, 1.54) is 0 Å². The van der Waals surface area contributed by atoms with Crippen LogP contribution in [0, 0.1) is 6.92 Å². The highest BCUT2D eigenvalue weighted by Gasteiger charge is 2.32. The summed E-state index contributed by atoms with van der Waals surface area (Å²) in [5.41, 5.74) is 0.787. The fourth-order valence-electron chi connectivity index (χ4n) is 2.87. The summed E-state index contributed by atoms with van der Waals surface area (Å²) in [6.07, 6.45) is 0.130. The van der Waals surface area contributed by atoms with Gasteiger partial charge < -0.3 is 19.5 Å². The third kappa shape index (κ3) is 8.29. The van der Waals surface area contributed by atoms with E-state index in [0.717, 1.165) is 10.5 Å². The zero-order valence-electron chi connectivity index (χ0n) is 20.8. The molecule has 0 fully saturated rings. The minimum Gasteiger partial charge on any atom is -0.491 e. The number of aryl methyl sites for hydroxylation is 1. The summed E-state index contributed by atoms with van der Waals surface area (Å²) in [4.78, 5) is 31.1. The first-order valence-electron chi connectivity index (χ1n) is 11.0. The molecule has 2 amide bonds. The molecule has 8 heteroatoms. The van der Waals surface area contributed by atoms with Crippen molar-refractivity contribution in [1.82, 2.24) is 9.88 Å². The quantitative estimate of drug-likeness (QED) is 0.552. The van der Waals surface area contributed by atoms with Gasteiger partial charge in [-0.3, -0.25) is 0 Å². The van der Waals surface area contributed by atoms with Crippen LogP contribution < -0.4 is 10.1 Å². The lowest BCUT2D eigenvalue weighted by atomic mass is 10.1. The van der Waals surface area contributed by atoms with Crippen LogP contribution in [-0.2, 0) is 16.0 Å². The highest BCUT2D eigenvalue weighted by molar-refractivity contribution is 5.88. The van der Waals surface area contributed by atoms with Gasteiger partial charge in [-0.1, -0.05) is 12.1 Å². The van der Waals surface area contributed by atoms with Gasteiger partial charge in [-0.25, -0.2) is 19.5 Å². The van der Waals surface area contributed by atoms with Crippen LogP contribution >= 0.6 is 0 Å². The van der Waals surface area contributed by atoms with Crippen molar-refractivity contribution in [3.8, 4) is 5.75 Å². The molecular formula is C25H35N3O5. The van der Waals surface area contributed by atoms with Gasteiger partial charge in [0.05, 0.1) is 18.8 Å². The maximum atomic E-state index is 12.9. The van der Waals surface area contributed by atoms with E-state index in [1.807, 2.05) is 38.1 Å². The van der Waals surface area contributed by atoms with Crippen LogP contribution in [0.15, 0.2) is 36.5 Å². The second kappa shape index (κ2) is 10.6. The molecule has 2 aromatic rings. The molecule has 1 heterocycles. The normalized spacial score (nSPS) is 11.5. The molecular weight excluding hydrogens is 422 g/mol. The van der Waals surface area contributed by atoms with Crippen molar-refractivity contribution in [2.24, 2.45) is 0 Å². The molecule has 0 aliphatic heterocycles. The number of pyridine rings is 1. The van der Waals surface area contributed by atoms with Gasteiger partial charge in [0.25, 0.3) is 0 Å². The zero-order chi connectivity index (χ0) is 24.8. The summed E-state index contributed by atoms with van der Waals surface area (Å²) in [5.74, 6) is 1.17. The summed E-state index contributed by atoms with van der Waals surface area (Å²) in [5, 5.41) is 3.26. The molecule has 1 aromatic heterocycles. The number of anilines is 2.